The van der Waals surface area contributed by atoms with Gasteiger partial charge in [-0.1, -0.05) is 0 Å². The quantitative estimate of drug-likeness (QED) is 0.525. The molecular weight excluding hydrogens is 122 g/mol. The van der Waals surface area contributed by atoms with Crippen molar-refractivity contribution in [2.75, 3.05) is 7.11 Å². The van der Waals surface area contributed by atoms with Crippen molar-refractivity contribution in [3.63, 3.8) is 0 Å². The van der Waals surface area contributed by atoms with Crippen molar-refractivity contribution in [2.24, 2.45) is 0 Å². The maximum Gasteiger partial charge on any atom is 0.315 e. The molecule has 0 unspecified atom stereocenters. The Kier molecular flexibility index (Phi) is 2.53. The monoisotopic (exact) mass is 128 g/mol. The molecule has 0 aromatic rings. The van der Waals surface area contributed by atoms with Gasteiger partial charge < -0.3 is 4.18 Å². The number of hydrogen-bond donors (Lipinski definition) is 0. The Bertz CT molecular complexity index is 51.4. The van der Waals surface area contributed by atoms with E-state index in [0.29, 0.717) is 0 Å². The molecule has 0 atom stereocenters. The van der Waals surface area contributed by atoms with Crippen molar-refractivity contribution in [1.29, 1.82) is 0 Å². The zero-order valence-corrected chi connectivity index (χ0v) is 4.89. The van der Waals surface area contributed by atoms with E-state index in [4.69, 9.17) is 0 Å². The Hall–Kier alpha value is 0.170. The van der Waals surface area contributed by atoms with Gasteiger partial charge in [0, 0.05) is 6.92 Å². The predicted octanol–water partition coefficient (Wildman–Crippen LogP) is 1.89. The van der Waals surface area contributed by atoms with Gasteiger partial charge in [0.2, 0.25) is 0 Å². The molecule has 0 aliphatic heterocycles. The van der Waals surface area contributed by atoms with Crippen molar-refractivity contribution in [1.82, 2.24) is 0 Å². The lowest BCUT2D eigenvalue weighted by molar-refractivity contribution is 0.119. The van der Waals surface area contributed by atoms with Crippen LogP contribution in [-0.2, 0) is 4.18 Å². The first-order valence-electron chi connectivity index (χ1n) is 1.66. The molecular formula is C3H6F2OS. The highest BCUT2D eigenvalue weighted by atomic mass is 32.2. The van der Waals surface area contributed by atoms with Gasteiger partial charge in [-0.05, 0) is 0 Å². The van der Waals surface area contributed by atoms with Crippen LogP contribution >= 0.6 is 12.0 Å². The van der Waals surface area contributed by atoms with Gasteiger partial charge in [-0.25, -0.2) is 0 Å². The lowest BCUT2D eigenvalue weighted by Gasteiger charge is -2.03. The lowest BCUT2D eigenvalue weighted by Crippen LogP contribution is -2.01. The van der Waals surface area contributed by atoms with Crippen LogP contribution in [-0.4, -0.2) is 12.4 Å². The highest BCUT2D eigenvalue weighted by molar-refractivity contribution is 7.95. The molecule has 44 valence electrons. The zero-order valence-electron chi connectivity index (χ0n) is 4.07. The van der Waals surface area contributed by atoms with E-state index in [1.54, 1.807) is 0 Å². The Morgan fingerprint density at radius 1 is 1.57 bits per heavy atom. The highest BCUT2D eigenvalue weighted by Crippen LogP contribution is 2.27. The van der Waals surface area contributed by atoms with Crippen LogP contribution in [0.3, 0.4) is 0 Å². The summed E-state index contributed by atoms with van der Waals surface area (Å²) in [6.07, 6.45) is 0. The summed E-state index contributed by atoms with van der Waals surface area (Å²) in [4.78, 5) is 0. The van der Waals surface area contributed by atoms with Crippen LogP contribution in [0, 0.1) is 0 Å². The fraction of sp³-hybridized carbons (Fsp3) is 1.00. The second-order valence-electron chi connectivity index (χ2n) is 1.06. The second-order valence-corrected chi connectivity index (χ2v) is 2.27. The van der Waals surface area contributed by atoms with Gasteiger partial charge >= 0.3 is 5.25 Å². The summed E-state index contributed by atoms with van der Waals surface area (Å²) in [5, 5.41) is -2.76. The molecule has 0 heterocycles. The normalized spacial score (nSPS) is 12.0. The van der Waals surface area contributed by atoms with Gasteiger partial charge in [0.25, 0.3) is 0 Å². The summed E-state index contributed by atoms with van der Waals surface area (Å²) in [6, 6.07) is 0. The van der Waals surface area contributed by atoms with Gasteiger partial charge in [0.05, 0.1) is 19.2 Å². The van der Waals surface area contributed by atoms with Crippen molar-refractivity contribution < 1.29 is 13.0 Å². The molecule has 7 heavy (non-hydrogen) atoms. The molecule has 0 N–H and O–H groups in total. The Morgan fingerprint density at radius 3 is 2.00 bits per heavy atom. The number of halogens is 2. The van der Waals surface area contributed by atoms with Crippen LogP contribution in [0.25, 0.3) is 0 Å². The molecule has 1 nitrogen and oxygen atoms in total. The lowest BCUT2D eigenvalue weighted by atomic mass is 10.9. The summed E-state index contributed by atoms with van der Waals surface area (Å²) in [5.74, 6) is 0. The molecule has 4 heteroatoms. The van der Waals surface area contributed by atoms with Crippen LogP contribution in [0.5, 0.6) is 0 Å². The summed E-state index contributed by atoms with van der Waals surface area (Å²) in [7, 11) is 1.21. The van der Waals surface area contributed by atoms with E-state index in [1.165, 1.54) is 7.11 Å². The molecule has 0 radical (unpaired) electrons. The van der Waals surface area contributed by atoms with Crippen LogP contribution in [0.1, 0.15) is 6.92 Å². The smallest absolute Gasteiger partial charge is 0.313 e. The number of alkyl halides is 2. The molecule has 0 aromatic carbocycles. The molecule has 0 amide bonds. The summed E-state index contributed by atoms with van der Waals surface area (Å²) in [5.41, 5.74) is 0. The van der Waals surface area contributed by atoms with Crippen molar-refractivity contribution >= 4 is 12.0 Å². The Balaban J connectivity index is 3.15. The van der Waals surface area contributed by atoms with Crippen molar-refractivity contribution in [2.45, 2.75) is 12.2 Å². The topological polar surface area (TPSA) is 9.23 Å². The van der Waals surface area contributed by atoms with Gasteiger partial charge in [-0.2, -0.15) is 8.78 Å². The van der Waals surface area contributed by atoms with Gasteiger partial charge in [0.1, 0.15) is 0 Å². The predicted molar refractivity (Wildman–Crippen MR) is 25.2 cm³/mol. The summed E-state index contributed by atoms with van der Waals surface area (Å²) >= 11 is 0.155. The minimum Gasteiger partial charge on any atom is -0.313 e. The Morgan fingerprint density at radius 2 is 2.00 bits per heavy atom. The largest absolute Gasteiger partial charge is 0.315 e. The maximum absolute atomic E-state index is 11.6. The number of hydrogen-bond acceptors (Lipinski definition) is 2. The van der Waals surface area contributed by atoms with E-state index in [2.05, 4.69) is 4.18 Å². The van der Waals surface area contributed by atoms with E-state index in [0.717, 1.165) is 6.92 Å². The first kappa shape index (κ1) is 7.17. The van der Waals surface area contributed by atoms with Gasteiger partial charge in [-0.3, -0.25) is 0 Å². The molecule has 0 bridgehead atoms. The van der Waals surface area contributed by atoms with Gasteiger partial charge in [0.15, 0.2) is 0 Å². The molecule has 0 aromatic heterocycles. The molecule has 0 saturated carbocycles. The first-order chi connectivity index (χ1) is 3.06. The molecule has 0 aliphatic carbocycles. The maximum atomic E-state index is 11.6. The third kappa shape index (κ3) is 6.17. The third-order valence-electron chi connectivity index (χ3n) is 0.230. The minimum absolute atomic E-state index is 0.155. The molecule has 0 saturated heterocycles. The SMILES string of the molecule is COSC(C)(F)F. The van der Waals surface area contributed by atoms with E-state index in [-0.39, 0.29) is 12.0 Å². The van der Waals surface area contributed by atoms with Crippen LogP contribution in [0.15, 0.2) is 0 Å². The third-order valence-corrected chi connectivity index (χ3v) is 0.689. The fourth-order valence-electron chi connectivity index (χ4n) is 0.146. The van der Waals surface area contributed by atoms with Crippen LogP contribution < -0.4 is 0 Å². The van der Waals surface area contributed by atoms with E-state index >= 15 is 0 Å². The first-order valence-corrected chi connectivity index (χ1v) is 2.40. The molecule has 0 aliphatic rings. The van der Waals surface area contributed by atoms with E-state index in [1.807, 2.05) is 0 Å². The highest BCUT2D eigenvalue weighted by Gasteiger charge is 2.21. The van der Waals surface area contributed by atoms with Gasteiger partial charge in [-0.15, -0.1) is 0 Å². The average Bonchev–Trinajstić information content (AvgIpc) is 1.30. The summed E-state index contributed by atoms with van der Waals surface area (Å²) < 4.78 is 27.2. The molecule has 0 fully saturated rings. The van der Waals surface area contributed by atoms with Crippen molar-refractivity contribution in [3.05, 3.63) is 0 Å². The second kappa shape index (κ2) is 2.47. The van der Waals surface area contributed by atoms with Crippen LogP contribution in [0.4, 0.5) is 8.78 Å². The number of rotatable bonds is 2. The molecule has 0 rings (SSSR count). The van der Waals surface area contributed by atoms with Crippen LogP contribution in [0.2, 0.25) is 0 Å². The van der Waals surface area contributed by atoms with E-state index < -0.39 is 5.25 Å². The minimum atomic E-state index is -2.76. The van der Waals surface area contributed by atoms with Crippen molar-refractivity contribution in [3.8, 4) is 0 Å². The Labute approximate surface area is 45.2 Å². The average molecular weight is 128 g/mol. The molecule has 0 spiro atoms. The zero-order chi connectivity index (χ0) is 5.91. The summed E-state index contributed by atoms with van der Waals surface area (Å²) in [6.45, 7) is 0.779. The fourth-order valence-corrected chi connectivity index (χ4v) is 0.439. The van der Waals surface area contributed by atoms with E-state index in [9.17, 15) is 8.78 Å². The standard InChI is InChI=1S/C3H6F2OS/c1-3(4,5)7-6-2/h1-2H3.